The zero-order valence-corrected chi connectivity index (χ0v) is 13.0. The van der Waals surface area contributed by atoms with E-state index >= 15 is 0 Å². The molecule has 104 valence electrons. The van der Waals surface area contributed by atoms with Gasteiger partial charge in [-0.25, -0.2) is 0 Å². The van der Waals surface area contributed by atoms with Gasteiger partial charge in [0.15, 0.2) is 0 Å². The molecule has 0 N–H and O–H groups in total. The lowest BCUT2D eigenvalue weighted by Gasteiger charge is -2.32. The largest absolute Gasteiger partial charge is 0.496 e. The van der Waals surface area contributed by atoms with E-state index in [0.717, 1.165) is 16.2 Å². The van der Waals surface area contributed by atoms with Gasteiger partial charge in [-0.1, -0.05) is 41.9 Å². The summed E-state index contributed by atoms with van der Waals surface area (Å²) in [6.07, 6.45) is 0. The Hall–Kier alpha value is -1.03. The standard InChI is InChI=1S/C16H18BClO2/c1-15(2)16(3,4)20-17(19-15)13-9-11-7-5-6-8-12(11)10-14(13)18/h5-10H,1-4H3. The average Bonchev–Trinajstić information content (AvgIpc) is 2.57. The molecule has 20 heavy (non-hydrogen) atoms. The molecule has 2 nitrogen and oxygen atoms in total. The Labute approximate surface area is 125 Å². The second-order valence-electron chi connectivity index (χ2n) is 6.31. The molecule has 3 rings (SSSR count). The smallest absolute Gasteiger partial charge is 0.399 e. The van der Waals surface area contributed by atoms with Gasteiger partial charge in [-0.05, 0) is 44.5 Å². The molecule has 0 unspecified atom stereocenters. The zero-order valence-electron chi connectivity index (χ0n) is 12.2. The molecule has 0 aliphatic carbocycles. The summed E-state index contributed by atoms with van der Waals surface area (Å²) in [5.74, 6) is 0. The fraction of sp³-hybridized carbons (Fsp3) is 0.375. The SMILES string of the molecule is CC1(C)OB(c2cc3ccccc3cc2Cl)OC1(C)C. The van der Waals surface area contributed by atoms with Gasteiger partial charge in [0.2, 0.25) is 0 Å². The molecular weight excluding hydrogens is 270 g/mol. The van der Waals surface area contributed by atoms with Gasteiger partial charge in [0.25, 0.3) is 0 Å². The average molecular weight is 289 g/mol. The number of benzene rings is 2. The normalized spacial score (nSPS) is 20.6. The predicted octanol–water partition coefficient (Wildman–Crippen LogP) is 3.79. The molecular formula is C16H18BClO2. The second-order valence-corrected chi connectivity index (χ2v) is 6.72. The summed E-state index contributed by atoms with van der Waals surface area (Å²) in [7, 11) is -0.419. The van der Waals surface area contributed by atoms with Crippen molar-refractivity contribution in [3.05, 3.63) is 41.4 Å². The lowest BCUT2D eigenvalue weighted by atomic mass is 9.78. The molecule has 1 fully saturated rings. The molecule has 0 radical (unpaired) electrons. The maximum Gasteiger partial charge on any atom is 0.496 e. The summed E-state index contributed by atoms with van der Waals surface area (Å²) < 4.78 is 12.1. The van der Waals surface area contributed by atoms with Crippen molar-refractivity contribution in [2.45, 2.75) is 38.9 Å². The van der Waals surface area contributed by atoms with Gasteiger partial charge in [0, 0.05) is 10.5 Å². The molecule has 0 amide bonds. The predicted molar refractivity (Wildman–Crippen MR) is 84.7 cm³/mol. The molecule has 1 aliphatic rings. The molecule has 0 atom stereocenters. The minimum Gasteiger partial charge on any atom is -0.399 e. The van der Waals surface area contributed by atoms with Crippen LogP contribution in [0, 0.1) is 0 Å². The first-order valence-electron chi connectivity index (χ1n) is 6.84. The van der Waals surface area contributed by atoms with E-state index in [9.17, 15) is 0 Å². The van der Waals surface area contributed by atoms with Gasteiger partial charge in [0.1, 0.15) is 0 Å². The van der Waals surface area contributed by atoms with E-state index in [4.69, 9.17) is 20.9 Å². The van der Waals surface area contributed by atoms with E-state index in [0.29, 0.717) is 5.02 Å². The maximum absolute atomic E-state index is 6.41. The van der Waals surface area contributed by atoms with Gasteiger partial charge < -0.3 is 9.31 Å². The van der Waals surface area contributed by atoms with Crippen LogP contribution in [0.2, 0.25) is 5.02 Å². The van der Waals surface area contributed by atoms with Gasteiger partial charge in [-0.3, -0.25) is 0 Å². The van der Waals surface area contributed by atoms with Gasteiger partial charge in [-0.15, -0.1) is 0 Å². The number of rotatable bonds is 1. The van der Waals surface area contributed by atoms with Crippen molar-refractivity contribution in [1.82, 2.24) is 0 Å². The lowest BCUT2D eigenvalue weighted by molar-refractivity contribution is 0.00578. The molecule has 2 aromatic rings. The number of fused-ring (bicyclic) bond motifs is 1. The van der Waals surface area contributed by atoms with Crippen molar-refractivity contribution < 1.29 is 9.31 Å². The maximum atomic E-state index is 6.41. The Morgan fingerprint density at radius 3 is 1.95 bits per heavy atom. The summed E-state index contributed by atoms with van der Waals surface area (Å²) in [5, 5.41) is 2.95. The summed E-state index contributed by atoms with van der Waals surface area (Å²) in [6.45, 7) is 8.17. The Morgan fingerprint density at radius 2 is 1.40 bits per heavy atom. The van der Waals surface area contributed by atoms with Crippen LogP contribution in [-0.2, 0) is 9.31 Å². The number of halogens is 1. The monoisotopic (exact) mass is 288 g/mol. The van der Waals surface area contributed by atoms with Gasteiger partial charge >= 0.3 is 7.12 Å². The van der Waals surface area contributed by atoms with Crippen LogP contribution in [0.1, 0.15) is 27.7 Å². The third-order valence-corrected chi connectivity index (χ3v) is 4.70. The van der Waals surface area contributed by atoms with Crippen LogP contribution in [0.25, 0.3) is 10.8 Å². The van der Waals surface area contributed by atoms with Crippen LogP contribution < -0.4 is 5.46 Å². The van der Waals surface area contributed by atoms with E-state index in [1.165, 1.54) is 0 Å². The van der Waals surface area contributed by atoms with E-state index < -0.39 is 7.12 Å². The highest BCUT2D eigenvalue weighted by Crippen LogP contribution is 2.37. The fourth-order valence-corrected chi connectivity index (χ4v) is 2.64. The first kappa shape index (κ1) is 13.9. The van der Waals surface area contributed by atoms with Crippen LogP contribution in [0.15, 0.2) is 36.4 Å². The van der Waals surface area contributed by atoms with Crippen LogP contribution in [0.5, 0.6) is 0 Å². The van der Waals surface area contributed by atoms with Crippen LogP contribution >= 0.6 is 11.6 Å². The van der Waals surface area contributed by atoms with Gasteiger partial charge in [-0.2, -0.15) is 0 Å². The summed E-state index contributed by atoms with van der Waals surface area (Å²) in [6, 6.07) is 12.2. The van der Waals surface area contributed by atoms with Crippen molar-refractivity contribution in [3.8, 4) is 0 Å². The third-order valence-electron chi connectivity index (χ3n) is 4.37. The summed E-state index contributed by atoms with van der Waals surface area (Å²) >= 11 is 6.41. The molecule has 0 aromatic heterocycles. The van der Waals surface area contributed by atoms with Crippen LogP contribution in [0.4, 0.5) is 0 Å². The first-order chi connectivity index (χ1) is 9.30. The highest BCUT2D eigenvalue weighted by molar-refractivity contribution is 6.66. The molecule has 0 bridgehead atoms. The second kappa shape index (κ2) is 4.49. The van der Waals surface area contributed by atoms with Crippen molar-refractivity contribution in [3.63, 3.8) is 0 Å². The lowest BCUT2D eigenvalue weighted by Crippen LogP contribution is -2.41. The number of hydrogen-bond donors (Lipinski definition) is 0. The Morgan fingerprint density at radius 1 is 0.900 bits per heavy atom. The van der Waals surface area contributed by atoms with E-state index in [2.05, 4.69) is 18.2 Å². The van der Waals surface area contributed by atoms with Crippen molar-refractivity contribution in [1.29, 1.82) is 0 Å². The Bertz CT molecular complexity index is 651. The molecule has 1 aliphatic heterocycles. The first-order valence-corrected chi connectivity index (χ1v) is 7.22. The molecule has 2 aromatic carbocycles. The van der Waals surface area contributed by atoms with Crippen molar-refractivity contribution in [2.75, 3.05) is 0 Å². The fourth-order valence-electron chi connectivity index (χ4n) is 2.38. The molecule has 0 spiro atoms. The summed E-state index contributed by atoms with van der Waals surface area (Å²) in [5.41, 5.74) is 0.184. The third kappa shape index (κ3) is 2.14. The summed E-state index contributed by atoms with van der Waals surface area (Å²) in [4.78, 5) is 0. The van der Waals surface area contributed by atoms with Gasteiger partial charge in [0.05, 0.1) is 11.2 Å². The molecule has 4 heteroatoms. The van der Waals surface area contributed by atoms with Crippen molar-refractivity contribution in [2.24, 2.45) is 0 Å². The van der Waals surface area contributed by atoms with E-state index in [1.54, 1.807) is 0 Å². The number of hydrogen-bond acceptors (Lipinski definition) is 2. The van der Waals surface area contributed by atoms with E-state index in [1.807, 2.05) is 45.9 Å². The zero-order chi connectivity index (χ0) is 14.5. The Kier molecular flexibility index (Phi) is 3.13. The molecule has 0 saturated carbocycles. The topological polar surface area (TPSA) is 18.5 Å². The quantitative estimate of drug-likeness (QED) is 0.743. The Balaban J connectivity index is 2.05. The highest BCUT2D eigenvalue weighted by Gasteiger charge is 2.52. The van der Waals surface area contributed by atoms with Crippen molar-refractivity contribution >= 4 is 35.0 Å². The molecule has 1 saturated heterocycles. The molecule has 1 heterocycles. The van der Waals surface area contributed by atoms with Crippen LogP contribution in [-0.4, -0.2) is 18.3 Å². The highest BCUT2D eigenvalue weighted by atomic mass is 35.5. The minimum absolute atomic E-state index is 0.355. The minimum atomic E-state index is -0.419. The van der Waals surface area contributed by atoms with E-state index in [-0.39, 0.29) is 11.2 Å². The van der Waals surface area contributed by atoms with Crippen LogP contribution in [0.3, 0.4) is 0 Å².